The maximum Gasteiger partial charge on any atom is 0.335 e. The Bertz CT molecular complexity index is 706. The first-order valence-corrected chi connectivity index (χ1v) is 6.37. The maximum absolute atomic E-state index is 12.2. The molecule has 2 rings (SSSR count). The van der Waals surface area contributed by atoms with E-state index in [0.717, 1.165) is 5.82 Å². The van der Waals surface area contributed by atoms with Crippen molar-refractivity contribution in [3.8, 4) is 0 Å². The topological polar surface area (TPSA) is 97.1 Å². The fourth-order valence-corrected chi connectivity index (χ4v) is 1.97. The van der Waals surface area contributed by atoms with E-state index in [1.54, 1.807) is 23.6 Å². The number of rotatable bonds is 4. The standard InChI is InChI=1S/C14H16N4O3/c1-8-10(5-4-6-11(8)14(20)21)13(19)15-7-12-17-16-9(2)18(12)3/h4-6H,7H2,1-3H3,(H,15,19)(H,20,21). The van der Waals surface area contributed by atoms with E-state index in [2.05, 4.69) is 15.5 Å². The lowest BCUT2D eigenvalue weighted by molar-refractivity contribution is 0.0696. The van der Waals surface area contributed by atoms with E-state index < -0.39 is 5.97 Å². The molecule has 1 heterocycles. The van der Waals surface area contributed by atoms with Crippen LogP contribution in [0, 0.1) is 13.8 Å². The summed E-state index contributed by atoms with van der Waals surface area (Å²) in [4.78, 5) is 23.2. The molecule has 21 heavy (non-hydrogen) atoms. The second kappa shape index (κ2) is 5.74. The van der Waals surface area contributed by atoms with Gasteiger partial charge in [0.05, 0.1) is 12.1 Å². The summed E-state index contributed by atoms with van der Waals surface area (Å²) in [5.41, 5.74) is 0.905. The summed E-state index contributed by atoms with van der Waals surface area (Å²) in [5, 5.41) is 19.6. The molecule has 0 aliphatic heterocycles. The lowest BCUT2D eigenvalue weighted by Crippen LogP contribution is -2.25. The number of carbonyl (C=O) groups excluding carboxylic acids is 1. The highest BCUT2D eigenvalue weighted by molar-refractivity contribution is 5.99. The van der Waals surface area contributed by atoms with E-state index in [1.165, 1.54) is 6.07 Å². The van der Waals surface area contributed by atoms with Crippen molar-refractivity contribution in [3.05, 3.63) is 46.5 Å². The molecule has 110 valence electrons. The van der Waals surface area contributed by atoms with Crippen molar-refractivity contribution in [2.45, 2.75) is 20.4 Å². The number of nitrogens with one attached hydrogen (secondary N) is 1. The van der Waals surface area contributed by atoms with Crippen molar-refractivity contribution in [2.24, 2.45) is 7.05 Å². The molecule has 7 heteroatoms. The first kappa shape index (κ1) is 14.7. The van der Waals surface area contributed by atoms with Gasteiger partial charge in [-0.05, 0) is 31.5 Å². The normalized spacial score (nSPS) is 10.4. The molecule has 7 nitrogen and oxygen atoms in total. The van der Waals surface area contributed by atoms with Crippen molar-refractivity contribution in [1.82, 2.24) is 20.1 Å². The Kier molecular flexibility index (Phi) is 4.02. The van der Waals surface area contributed by atoms with E-state index in [0.29, 0.717) is 17.0 Å². The van der Waals surface area contributed by atoms with E-state index in [4.69, 9.17) is 5.11 Å². The van der Waals surface area contributed by atoms with Gasteiger partial charge in [0.2, 0.25) is 0 Å². The van der Waals surface area contributed by atoms with Crippen LogP contribution in [-0.4, -0.2) is 31.7 Å². The van der Waals surface area contributed by atoms with Crippen LogP contribution in [0.15, 0.2) is 18.2 Å². The van der Waals surface area contributed by atoms with Crippen LogP contribution < -0.4 is 5.32 Å². The molecule has 0 fully saturated rings. The predicted molar refractivity (Wildman–Crippen MR) is 75.0 cm³/mol. The minimum Gasteiger partial charge on any atom is -0.478 e. The number of amides is 1. The van der Waals surface area contributed by atoms with E-state index in [1.807, 2.05) is 14.0 Å². The monoisotopic (exact) mass is 288 g/mol. The summed E-state index contributed by atoms with van der Waals surface area (Å²) in [6.45, 7) is 3.66. The second-order valence-electron chi connectivity index (χ2n) is 4.69. The van der Waals surface area contributed by atoms with E-state index in [-0.39, 0.29) is 18.0 Å². The summed E-state index contributed by atoms with van der Waals surface area (Å²) in [6.07, 6.45) is 0. The molecule has 0 bridgehead atoms. The van der Waals surface area contributed by atoms with Gasteiger partial charge in [0.25, 0.3) is 5.91 Å². The van der Waals surface area contributed by atoms with Crippen LogP contribution in [0.3, 0.4) is 0 Å². The minimum absolute atomic E-state index is 0.122. The zero-order valence-electron chi connectivity index (χ0n) is 12.0. The average molecular weight is 288 g/mol. The van der Waals surface area contributed by atoms with Gasteiger partial charge in [-0.25, -0.2) is 4.79 Å². The smallest absolute Gasteiger partial charge is 0.335 e. The number of carboxylic acids is 1. The summed E-state index contributed by atoms with van der Waals surface area (Å²) in [5.74, 6) is -0.00137. The molecule has 0 saturated carbocycles. The van der Waals surface area contributed by atoms with Crippen molar-refractivity contribution in [1.29, 1.82) is 0 Å². The highest BCUT2D eigenvalue weighted by atomic mass is 16.4. The van der Waals surface area contributed by atoms with Gasteiger partial charge >= 0.3 is 5.97 Å². The van der Waals surface area contributed by atoms with Crippen LogP contribution in [0.5, 0.6) is 0 Å². The van der Waals surface area contributed by atoms with Crippen molar-refractivity contribution >= 4 is 11.9 Å². The highest BCUT2D eigenvalue weighted by Gasteiger charge is 2.15. The molecule has 2 aromatic rings. The van der Waals surface area contributed by atoms with E-state index in [9.17, 15) is 9.59 Å². The zero-order valence-corrected chi connectivity index (χ0v) is 12.0. The van der Waals surface area contributed by atoms with E-state index >= 15 is 0 Å². The Morgan fingerprint density at radius 3 is 2.48 bits per heavy atom. The van der Waals surface area contributed by atoms with Crippen LogP contribution in [0.1, 0.15) is 37.9 Å². The zero-order chi connectivity index (χ0) is 15.6. The Balaban J connectivity index is 2.16. The number of aryl methyl sites for hydroxylation is 1. The van der Waals surface area contributed by atoms with Crippen LogP contribution in [-0.2, 0) is 13.6 Å². The van der Waals surface area contributed by atoms with Gasteiger partial charge < -0.3 is 15.0 Å². The number of aromatic carboxylic acids is 1. The number of aromatic nitrogens is 3. The Hall–Kier alpha value is -2.70. The van der Waals surface area contributed by atoms with Crippen molar-refractivity contribution in [2.75, 3.05) is 0 Å². The maximum atomic E-state index is 12.2. The van der Waals surface area contributed by atoms with Gasteiger partial charge in [-0.3, -0.25) is 4.79 Å². The van der Waals surface area contributed by atoms with Crippen LogP contribution in [0.25, 0.3) is 0 Å². The highest BCUT2D eigenvalue weighted by Crippen LogP contribution is 2.14. The minimum atomic E-state index is -1.05. The molecular formula is C14H16N4O3. The lowest BCUT2D eigenvalue weighted by Gasteiger charge is -2.09. The third-order valence-corrected chi connectivity index (χ3v) is 3.40. The molecular weight excluding hydrogens is 272 g/mol. The number of hydrogen-bond donors (Lipinski definition) is 2. The summed E-state index contributed by atoms with van der Waals surface area (Å²) in [7, 11) is 1.81. The summed E-state index contributed by atoms with van der Waals surface area (Å²) >= 11 is 0. The first-order valence-electron chi connectivity index (χ1n) is 6.37. The van der Waals surface area contributed by atoms with Crippen molar-refractivity contribution in [3.63, 3.8) is 0 Å². The molecule has 0 saturated heterocycles. The first-order chi connectivity index (χ1) is 9.91. The van der Waals surface area contributed by atoms with Crippen LogP contribution in [0.4, 0.5) is 0 Å². The largest absolute Gasteiger partial charge is 0.478 e. The molecule has 1 aromatic carbocycles. The number of carboxylic acid groups (broad SMARTS) is 1. The molecule has 1 amide bonds. The van der Waals surface area contributed by atoms with Gasteiger partial charge in [-0.2, -0.15) is 0 Å². The quantitative estimate of drug-likeness (QED) is 0.876. The Labute approximate surface area is 121 Å². The Morgan fingerprint density at radius 1 is 1.24 bits per heavy atom. The summed E-state index contributed by atoms with van der Waals surface area (Å²) < 4.78 is 1.78. The third kappa shape index (κ3) is 2.91. The van der Waals surface area contributed by atoms with Gasteiger partial charge in [0, 0.05) is 12.6 Å². The molecule has 0 atom stereocenters. The van der Waals surface area contributed by atoms with Gasteiger partial charge in [0.1, 0.15) is 5.82 Å². The van der Waals surface area contributed by atoms with Gasteiger partial charge in [-0.1, -0.05) is 6.07 Å². The number of benzene rings is 1. The SMILES string of the molecule is Cc1c(C(=O)O)cccc1C(=O)NCc1nnc(C)n1C. The number of carbonyl (C=O) groups is 2. The third-order valence-electron chi connectivity index (χ3n) is 3.40. The molecule has 2 N–H and O–H groups in total. The predicted octanol–water partition coefficient (Wildman–Crippen LogP) is 1.06. The molecule has 0 radical (unpaired) electrons. The molecule has 0 aliphatic carbocycles. The van der Waals surface area contributed by atoms with Crippen molar-refractivity contribution < 1.29 is 14.7 Å². The lowest BCUT2D eigenvalue weighted by atomic mass is 10.0. The van der Waals surface area contributed by atoms with Gasteiger partial charge in [-0.15, -0.1) is 10.2 Å². The molecule has 0 spiro atoms. The number of hydrogen-bond acceptors (Lipinski definition) is 4. The second-order valence-corrected chi connectivity index (χ2v) is 4.69. The van der Waals surface area contributed by atoms with Crippen LogP contribution >= 0.6 is 0 Å². The molecule has 0 aliphatic rings. The van der Waals surface area contributed by atoms with Gasteiger partial charge in [0.15, 0.2) is 5.82 Å². The average Bonchev–Trinajstić information content (AvgIpc) is 2.76. The van der Waals surface area contributed by atoms with Crippen LogP contribution in [0.2, 0.25) is 0 Å². The molecule has 0 unspecified atom stereocenters. The molecule has 1 aromatic heterocycles. The summed E-state index contributed by atoms with van der Waals surface area (Å²) in [6, 6.07) is 4.62. The fraction of sp³-hybridized carbons (Fsp3) is 0.286. The Morgan fingerprint density at radius 2 is 1.90 bits per heavy atom. The fourth-order valence-electron chi connectivity index (χ4n) is 1.97. The number of nitrogens with zero attached hydrogens (tertiary/aromatic N) is 3.